The summed E-state index contributed by atoms with van der Waals surface area (Å²) >= 11 is 0. The van der Waals surface area contributed by atoms with Gasteiger partial charge in [0.2, 0.25) is 5.91 Å². The Kier molecular flexibility index (Phi) is 4.59. The Balaban J connectivity index is 1.53. The van der Waals surface area contributed by atoms with Gasteiger partial charge >= 0.3 is 0 Å². The highest BCUT2D eigenvalue weighted by Gasteiger charge is 2.26. The van der Waals surface area contributed by atoms with E-state index in [2.05, 4.69) is 5.16 Å². The van der Waals surface area contributed by atoms with Crippen LogP contribution in [0, 0.1) is 12.7 Å². The van der Waals surface area contributed by atoms with E-state index < -0.39 is 0 Å². The summed E-state index contributed by atoms with van der Waals surface area (Å²) in [6.07, 6.45) is 0.233. The number of benzene rings is 1. The largest absolute Gasteiger partial charge is 0.361 e. The number of amides is 2. The Morgan fingerprint density at radius 3 is 2.33 bits per heavy atom. The molecule has 2 heterocycles. The molecular formula is C17H18FN3O3. The Morgan fingerprint density at radius 2 is 1.75 bits per heavy atom. The first kappa shape index (κ1) is 16.2. The van der Waals surface area contributed by atoms with Gasteiger partial charge in [0, 0.05) is 32.2 Å². The minimum absolute atomic E-state index is 0.0222. The maximum absolute atomic E-state index is 12.9. The third kappa shape index (κ3) is 3.61. The molecule has 6 nitrogen and oxygen atoms in total. The molecule has 1 saturated heterocycles. The monoisotopic (exact) mass is 331 g/mol. The van der Waals surface area contributed by atoms with Gasteiger partial charge in [-0.15, -0.1) is 0 Å². The van der Waals surface area contributed by atoms with E-state index in [4.69, 9.17) is 4.52 Å². The average Bonchev–Trinajstić information content (AvgIpc) is 3.03. The molecule has 2 amide bonds. The average molecular weight is 331 g/mol. The van der Waals surface area contributed by atoms with Crippen molar-refractivity contribution >= 4 is 11.8 Å². The maximum Gasteiger partial charge on any atom is 0.276 e. The van der Waals surface area contributed by atoms with Gasteiger partial charge in [-0.1, -0.05) is 17.3 Å². The topological polar surface area (TPSA) is 66.7 Å². The van der Waals surface area contributed by atoms with Crippen LogP contribution in [0.4, 0.5) is 4.39 Å². The Morgan fingerprint density at radius 1 is 1.12 bits per heavy atom. The molecule has 0 unspecified atom stereocenters. The molecule has 0 aliphatic carbocycles. The van der Waals surface area contributed by atoms with Gasteiger partial charge in [0.05, 0.1) is 6.42 Å². The Labute approximate surface area is 138 Å². The highest BCUT2D eigenvalue weighted by atomic mass is 19.1. The minimum atomic E-state index is -0.318. The third-order valence-corrected chi connectivity index (χ3v) is 4.04. The molecule has 1 aliphatic heterocycles. The van der Waals surface area contributed by atoms with Crippen molar-refractivity contribution in [1.82, 2.24) is 15.0 Å². The van der Waals surface area contributed by atoms with Crippen LogP contribution in [0.5, 0.6) is 0 Å². The van der Waals surface area contributed by atoms with Gasteiger partial charge in [0.1, 0.15) is 11.6 Å². The van der Waals surface area contributed by atoms with Gasteiger partial charge in [0.15, 0.2) is 5.69 Å². The molecule has 126 valence electrons. The summed E-state index contributed by atoms with van der Waals surface area (Å²) in [7, 11) is 0. The van der Waals surface area contributed by atoms with Gasteiger partial charge in [-0.25, -0.2) is 4.39 Å². The predicted octanol–water partition coefficient (Wildman–Crippen LogP) is 1.65. The van der Waals surface area contributed by atoms with E-state index in [-0.39, 0.29) is 24.1 Å². The standard InChI is InChI=1S/C17H18FN3O3/c1-12-10-15(19-24-12)17(23)21-8-6-20(7-9-21)16(22)11-13-2-4-14(18)5-3-13/h2-5,10H,6-9,11H2,1H3. The quantitative estimate of drug-likeness (QED) is 0.858. The molecule has 0 N–H and O–H groups in total. The van der Waals surface area contributed by atoms with Gasteiger partial charge in [-0.05, 0) is 24.6 Å². The number of piperazine rings is 1. The van der Waals surface area contributed by atoms with Crippen molar-refractivity contribution in [2.45, 2.75) is 13.3 Å². The fourth-order valence-electron chi connectivity index (χ4n) is 2.68. The molecule has 24 heavy (non-hydrogen) atoms. The zero-order chi connectivity index (χ0) is 17.1. The second-order valence-electron chi connectivity index (χ2n) is 5.80. The molecule has 0 bridgehead atoms. The van der Waals surface area contributed by atoms with E-state index in [1.54, 1.807) is 34.9 Å². The highest BCUT2D eigenvalue weighted by Crippen LogP contribution is 2.11. The van der Waals surface area contributed by atoms with Crippen LogP contribution < -0.4 is 0 Å². The highest BCUT2D eigenvalue weighted by molar-refractivity contribution is 5.92. The normalized spacial score (nSPS) is 14.8. The fourth-order valence-corrected chi connectivity index (χ4v) is 2.68. The third-order valence-electron chi connectivity index (χ3n) is 4.04. The van der Waals surface area contributed by atoms with Crippen molar-refractivity contribution in [1.29, 1.82) is 0 Å². The number of nitrogens with zero attached hydrogens (tertiary/aromatic N) is 3. The molecular weight excluding hydrogens is 313 g/mol. The fraction of sp³-hybridized carbons (Fsp3) is 0.353. The first-order chi connectivity index (χ1) is 11.5. The van der Waals surface area contributed by atoms with Crippen LogP contribution in [-0.2, 0) is 11.2 Å². The number of carbonyl (C=O) groups is 2. The van der Waals surface area contributed by atoms with Gasteiger partial charge in [-0.2, -0.15) is 0 Å². The van der Waals surface area contributed by atoms with E-state index in [0.29, 0.717) is 37.6 Å². The minimum Gasteiger partial charge on any atom is -0.361 e. The summed E-state index contributed by atoms with van der Waals surface area (Å²) < 4.78 is 17.8. The molecule has 0 spiro atoms. The Bertz CT molecular complexity index is 734. The number of hydrogen-bond donors (Lipinski definition) is 0. The lowest BCUT2D eigenvalue weighted by molar-refractivity contribution is -0.131. The van der Waals surface area contributed by atoms with E-state index in [9.17, 15) is 14.0 Å². The van der Waals surface area contributed by atoms with Crippen molar-refractivity contribution in [3.63, 3.8) is 0 Å². The SMILES string of the molecule is Cc1cc(C(=O)N2CCN(C(=O)Cc3ccc(F)cc3)CC2)no1. The maximum atomic E-state index is 12.9. The van der Waals surface area contributed by atoms with Crippen LogP contribution >= 0.6 is 0 Å². The van der Waals surface area contributed by atoms with Crippen LogP contribution in [0.25, 0.3) is 0 Å². The smallest absolute Gasteiger partial charge is 0.276 e. The van der Waals surface area contributed by atoms with Crippen LogP contribution in [-0.4, -0.2) is 52.9 Å². The number of aromatic nitrogens is 1. The van der Waals surface area contributed by atoms with Crippen LogP contribution in [0.3, 0.4) is 0 Å². The lowest BCUT2D eigenvalue weighted by Gasteiger charge is -2.34. The molecule has 1 aromatic heterocycles. The molecule has 1 aromatic carbocycles. The molecule has 1 fully saturated rings. The second kappa shape index (κ2) is 6.82. The van der Waals surface area contributed by atoms with E-state index in [1.807, 2.05) is 0 Å². The van der Waals surface area contributed by atoms with Crippen molar-refractivity contribution < 1.29 is 18.5 Å². The second-order valence-corrected chi connectivity index (χ2v) is 5.80. The summed E-state index contributed by atoms with van der Waals surface area (Å²) in [4.78, 5) is 28.0. The van der Waals surface area contributed by atoms with E-state index >= 15 is 0 Å². The van der Waals surface area contributed by atoms with Crippen LogP contribution in [0.15, 0.2) is 34.9 Å². The molecule has 7 heteroatoms. The summed E-state index contributed by atoms with van der Waals surface area (Å²) in [6, 6.07) is 7.52. The first-order valence-corrected chi connectivity index (χ1v) is 7.78. The van der Waals surface area contributed by atoms with Crippen LogP contribution in [0.1, 0.15) is 21.8 Å². The molecule has 0 saturated carbocycles. The van der Waals surface area contributed by atoms with Gasteiger partial charge < -0.3 is 14.3 Å². The summed E-state index contributed by atoms with van der Waals surface area (Å²) in [6.45, 7) is 3.60. The molecule has 3 rings (SSSR count). The zero-order valence-electron chi connectivity index (χ0n) is 13.4. The van der Waals surface area contributed by atoms with Crippen molar-refractivity contribution in [2.24, 2.45) is 0 Å². The lowest BCUT2D eigenvalue weighted by Crippen LogP contribution is -2.51. The van der Waals surface area contributed by atoms with E-state index in [1.165, 1.54) is 12.1 Å². The first-order valence-electron chi connectivity index (χ1n) is 7.78. The Hall–Kier alpha value is -2.70. The predicted molar refractivity (Wildman–Crippen MR) is 83.8 cm³/mol. The van der Waals surface area contributed by atoms with Crippen molar-refractivity contribution in [3.05, 3.63) is 53.2 Å². The number of carbonyl (C=O) groups excluding carboxylic acids is 2. The zero-order valence-corrected chi connectivity index (χ0v) is 13.4. The van der Waals surface area contributed by atoms with E-state index in [0.717, 1.165) is 5.56 Å². The molecule has 1 aliphatic rings. The number of rotatable bonds is 3. The molecule has 0 radical (unpaired) electrons. The summed E-state index contributed by atoms with van der Waals surface area (Å²) in [5, 5.41) is 3.73. The lowest BCUT2D eigenvalue weighted by atomic mass is 10.1. The van der Waals surface area contributed by atoms with Gasteiger partial charge in [0.25, 0.3) is 5.91 Å². The number of aryl methyl sites for hydroxylation is 1. The number of halogens is 1. The summed E-state index contributed by atoms with van der Waals surface area (Å²) in [5.74, 6) is 0.0661. The van der Waals surface area contributed by atoms with Crippen molar-refractivity contribution in [3.8, 4) is 0 Å². The number of hydrogen-bond acceptors (Lipinski definition) is 4. The molecule has 2 aromatic rings. The molecule has 0 atom stereocenters. The van der Waals surface area contributed by atoms with Gasteiger partial charge in [-0.3, -0.25) is 9.59 Å². The van der Waals surface area contributed by atoms with Crippen molar-refractivity contribution in [2.75, 3.05) is 26.2 Å². The summed E-state index contributed by atoms with van der Waals surface area (Å²) in [5.41, 5.74) is 1.07. The van der Waals surface area contributed by atoms with Crippen LogP contribution in [0.2, 0.25) is 0 Å².